The van der Waals surface area contributed by atoms with Crippen LogP contribution in [0.25, 0.3) is 17.1 Å². The highest BCUT2D eigenvalue weighted by Crippen LogP contribution is 2.21. The number of carbonyl (C=O) groups excluding carboxylic acids is 2. The fraction of sp³-hybridized carbons (Fsp3) is 0.179. The number of H-pyrrole nitrogens is 1. The van der Waals surface area contributed by atoms with Gasteiger partial charge in [0.25, 0.3) is 5.91 Å². The lowest BCUT2D eigenvalue weighted by molar-refractivity contribution is -0.117. The molecule has 6 nitrogen and oxygen atoms in total. The van der Waals surface area contributed by atoms with Crippen LogP contribution in [0.15, 0.2) is 84.9 Å². The molecule has 170 valence electrons. The Labute approximate surface area is 198 Å². The highest BCUT2D eigenvalue weighted by atomic mass is 16.2. The molecule has 5 rings (SSSR count). The van der Waals surface area contributed by atoms with Crippen LogP contribution in [0.2, 0.25) is 0 Å². The van der Waals surface area contributed by atoms with Gasteiger partial charge in [0.15, 0.2) is 0 Å². The van der Waals surface area contributed by atoms with E-state index in [0.717, 1.165) is 40.8 Å². The van der Waals surface area contributed by atoms with Gasteiger partial charge in [0.2, 0.25) is 5.91 Å². The third-order valence-electron chi connectivity index (χ3n) is 5.85. The minimum absolute atomic E-state index is 0.0506. The summed E-state index contributed by atoms with van der Waals surface area (Å²) in [4.78, 5) is 33.0. The number of benzene rings is 3. The van der Waals surface area contributed by atoms with Gasteiger partial charge in [0.05, 0.1) is 17.1 Å². The van der Waals surface area contributed by atoms with Crippen LogP contribution in [-0.2, 0) is 11.2 Å². The number of imidazole rings is 1. The Hall–Kier alpha value is -4.19. The van der Waals surface area contributed by atoms with Crippen molar-refractivity contribution in [2.24, 2.45) is 0 Å². The first-order valence-corrected chi connectivity index (χ1v) is 11.5. The maximum Gasteiger partial charge on any atom is 0.251 e. The molecule has 6 heteroatoms. The summed E-state index contributed by atoms with van der Waals surface area (Å²) in [5.74, 6) is 0.458. The first-order valence-electron chi connectivity index (χ1n) is 11.5. The molecular weight excluding hydrogens is 424 g/mol. The van der Waals surface area contributed by atoms with Crippen LogP contribution in [0.1, 0.15) is 46.2 Å². The maximum absolute atomic E-state index is 12.8. The molecule has 1 aromatic heterocycles. The van der Waals surface area contributed by atoms with E-state index in [1.807, 2.05) is 66.7 Å². The van der Waals surface area contributed by atoms with Crippen LogP contribution in [0, 0.1) is 0 Å². The molecule has 1 saturated carbocycles. The molecule has 34 heavy (non-hydrogen) atoms. The molecule has 0 bridgehead atoms. The zero-order valence-electron chi connectivity index (χ0n) is 18.7. The standard InChI is InChI=1S/C28H26N4O2/c33-26(17-12-19-10-13-21(14-11-19)28(34)29-22-15-16-22)30-25(18-20-6-2-1-3-7-20)27-31-23-8-4-5-9-24(23)32-27/h1-14,17,22,25H,15-16,18H2,(H,29,34)(H,30,33)(H,31,32)/b17-12+. The molecule has 4 aromatic rings. The third kappa shape index (κ3) is 5.41. The molecule has 1 heterocycles. The van der Waals surface area contributed by atoms with E-state index < -0.39 is 0 Å². The molecule has 1 unspecified atom stereocenters. The summed E-state index contributed by atoms with van der Waals surface area (Å²) < 4.78 is 0. The summed E-state index contributed by atoms with van der Waals surface area (Å²) in [5, 5.41) is 6.06. The van der Waals surface area contributed by atoms with E-state index >= 15 is 0 Å². The summed E-state index contributed by atoms with van der Waals surface area (Å²) in [5.41, 5.74) is 4.39. The third-order valence-corrected chi connectivity index (χ3v) is 5.85. The second-order valence-electron chi connectivity index (χ2n) is 8.59. The maximum atomic E-state index is 12.8. The molecule has 0 spiro atoms. The van der Waals surface area contributed by atoms with Crippen molar-refractivity contribution < 1.29 is 9.59 Å². The van der Waals surface area contributed by atoms with Crippen molar-refractivity contribution in [2.75, 3.05) is 0 Å². The van der Waals surface area contributed by atoms with E-state index in [0.29, 0.717) is 18.0 Å². The smallest absolute Gasteiger partial charge is 0.251 e. The fourth-order valence-electron chi connectivity index (χ4n) is 3.84. The number of carbonyl (C=O) groups is 2. The van der Waals surface area contributed by atoms with Gasteiger partial charge in [0, 0.05) is 17.7 Å². The minimum Gasteiger partial charge on any atom is -0.349 e. The van der Waals surface area contributed by atoms with Gasteiger partial charge < -0.3 is 15.6 Å². The highest BCUT2D eigenvalue weighted by Gasteiger charge is 2.23. The molecule has 1 atom stereocenters. The van der Waals surface area contributed by atoms with E-state index in [2.05, 4.69) is 15.6 Å². The van der Waals surface area contributed by atoms with E-state index in [9.17, 15) is 9.59 Å². The SMILES string of the molecule is O=C(/C=C/c1ccc(C(=O)NC2CC2)cc1)NC(Cc1ccccc1)c1nc2ccccc2[nH]1. The molecule has 2 amide bonds. The second kappa shape index (κ2) is 9.75. The molecule has 3 N–H and O–H groups in total. The number of fused-ring (bicyclic) bond motifs is 1. The second-order valence-corrected chi connectivity index (χ2v) is 8.59. The summed E-state index contributed by atoms with van der Waals surface area (Å²) in [6.07, 6.45) is 5.99. The van der Waals surface area contributed by atoms with Crippen LogP contribution in [0.4, 0.5) is 0 Å². The highest BCUT2D eigenvalue weighted by molar-refractivity contribution is 5.95. The molecule has 0 radical (unpaired) electrons. The number of para-hydroxylation sites is 2. The first kappa shape index (κ1) is 21.6. The largest absolute Gasteiger partial charge is 0.349 e. The van der Waals surface area contributed by atoms with Crippen LogP contribution in [0.5, 0.6) is 0 Å². The lowest BCUT2D eigenvalue weighted by Gasteiger charge is -2.16. The van der Waals surface area contributed by atoms with Crippen molar-refractivity contribution in [3.63, 3.8) is 0 Å². The van der Waals surface area contributed by atoms with E-state index in [1.54, 1.807) is 18.2 Å². The monoisotopic (exact) mass is 450 g/mol. The fourth-order valence-corrected chi connectivity index (χ4v) is 3.84. The van der Waals surface area contributed by atoms with Crippen LogP contribution in [-0.4, -0.2) is 27.8 Å². The lowest BCUT2D eigenvalue weighted by atomic mass is 10.1. The zero-order valence-corrected chi connectivity index (χ0v) is 18.7. The van der Waals surface area contributed by atoms with Crippen molar-refractivity contribution in [3.8, 4) is 0 Å². The van der Waals surface area contributed by atoms with Crippen LogP contribution < -0.4 is 10.6 Å². The average Bonchev–Trinajstić information content (AvgIpc) is 3.57. The Morgan fingerprint density at radius 1 is 0.971 bits per heavy atom. The summed E-state index contributed by atoms with van der Waals surface area (Å²) in [7, 11) is 0. The Bertz CT molecular complexity index is 1290. The zero-order chi connectivity index (χ0) is 23.3. The van der Waals surface area contributed by atoms with Crippen molar-refractivity contribution >= 4 is 28.9 Å². The Balaban J connectivity index is 1.28. The van der Waals surface area contributed by atoms with Crippen LogP contribution in [0.3, 0.4) is 0 Å². The molecule has 1 aliphatic rings. The normalized spacial score (nSPS) is 14.2. The molecule has 3 aromatic carbocycles. The van der Waals surface area contributed by atoms with Gasteiger partial charge in [-0.25, -0.2) is 4.98 Å². The Morgan fingerprint density at radius 2 is 1.71 bits per heavy atom. The molecule has 1 fully saturated rings. The number of rotatable bonds is 8. The number of aromatic nitrogens is 2. The van der Waals surface area contributed by atoms with Gasteiger partial charge >= 0.3 is 0 Å². The van der Waals surface area contributed by atoms with E-state index in [4.69, 9.17) is 4.98 Å². The van der Waals surface area contributed by atoms with E-state index in [1.165, 1.54) is 6.08 Å². The van der Waals surface area contributed by atoms with Gasteiger partial charge in [0.1, 0.15) is 5.82 Å². The van der Waals surface area contributed by atoms with Gasteiger partial charge in [-0.2, -0.15) is 0 Å². The Kier molecular flexibility index (Phi) is 6.21. The van der Waals surface area contributed by atoms with Crippen molar-refractivity contribution in [1.29, 1.82) is 0 Å². The summed E-state index contributed by atoms with van der Waals surface area (Å²) in [6.45, 7) is 0. The Morgan fingerprint density at radius 3 is 2.44 bits per heavy atom. The van der Waals surface area contributed by atoms with Gasteiger partial charge in [-0.15, -0.1) is 0 Å². The quantitative estimate of drug-likeness (QED) is 0.344. The van der Waals surface area contributed by atoms with Gasteiger partial charge in [-0.1, -0.05) is 54.6 Å². The number of aromatic amines is 1. The van der Waals surface area contributed by atoms with Crippen molar-refractivity contribution in [2.45, 2.75) is 31.3 Å². The number of nitrogens with one attached hydrogen (secondary N) is 3. The van der Waals surface area contributed by atoms with E-state index in [-0.39, 0.29) is 17.9 Å². The molecular formula is C28H26N4O2. The minimum atomic E-state index is -0.305. The number of nitrogens with zero attached hydrogens (tertiary/aromatic N) is 1. The number of hydrogen-bond donors (Lipinski definition) is 3. The van der Waals surface area contributed by atoms with Crippen molar-refractivity contribution in [3.05, 3.63) is 107 Å². The van der Waals surface area contributed by atoms with Gasteiger partial charge in [-0.3, -0.25) is 9.59 Å². The topological polar surface area (TPSA) is 86.9 Å². The summed E-state index contributed by atoms with van der Waals surface area (Å²) in [6, 6.07) is 25.1. The summed E-state index contributed by atoms with van der Waals surface area (Å²) >= 11 is 0. The number of hydrogen-bond acceptors (Lipinski definition) is 3. The molecule has 1 aliphatic carbocycles. The van der Waals surface area contributed by atoms with Crippen molar-refractivity contribution in [1.82, 2.24) is 20.6 Å². The predicted octanol–water partition coefficient (Wildman–Crippen LogP) is 4.57. The van der Waals surface area contributed by atoms with Crippen LogP contribution >= 0.6 is 0 Å². The molecule has 0 aliphatic heterocycles. The first-order chi connectivity index (χ1) is 16.6. The average molecular weight is 451 g/mol. The van der Waals surface area contributed by atoms with Gasteiger partial charge in [-0.05, 0) is 60.7 Å². The predicted molar refractivity (Wildman–Crippen MR) is 133 cm³/mol. The molecule has 0 saturated heterocycles. The lowest BCUT2D eigenvalue weighted by Crippen LogP contribution is -2.29. The number of amides is 2.